The number of anilines is 1. The van der Waals surface area contributed by atoms with Crippen LogP contribution in [0.2, 0.25) is 0 Å². The standard InChI is InChI=1S/C26H31N5O3/c1-5-18(3)20-7-9-23(10-8-20)33-17-24-11-12-25(34-24)26(32)29-22-14-27-30(16-22)15-21-13-28-31(6-2)19(21)4/h7-14,16,18H,5-6,15,17H2,1-4H3,(H,29,32). The smallest absolute Gasteiger partial charge is 0.291 e. The average molecular weight is 462 g/mol. The summed E-state index contributed by atoms with van der Waals surface area (Å²) in [6.07, 6.45) is 6.36. The minimum atomic E-state index is -0.335. The van der Waals surface area contributed by atoms with Crippen molar-refractivity contribution < 1.29 is 13.9 Å². The van der Waals surface area contributed by atoms with Crippen molar-refractivity contribution in [2.75, 3.05) is 5.32 Å². The molecule has 4 rings (SSSR count). The molecule has 0 radical (unpaired) electrons. The van der Waals surface area contributed by atoms with Crippen LogP contribution in [0, 0.1) is 6.92 Å². The first-order chi connectivity index (χ1) is 16.5. The van der Waals surface area contributed by atoms with Crippen LogP contribution in [0.1, 0.15) is 66.2 Å². The van der Waals surface area contributed by atoms with E-state index in [0.717, 1.165) is 30.0 Å². The molecule has 0 aliphatic carbocycles. The number of nitrogens with zero attached hydrogens (tertiary/aromatic N) is 4. The van der Waals surface area contributed by atoms with E-state index in [4.69, 9.17) is 9.15 Å². The van der Waals surface area contributed by atoms with Gasteiger partial charge in [0.25, 0.3) is 5.91 Å². The summed E-state index contributed by atoms with van der Waals surface area (Å²) >= 11 is 0. The fourth-order valence-electron chi connectivity index (χ4n) is 3.70. The maximum atomic E-state index is 12.6. The second-order valence-corrected chi connectivity index (χ2v) is 8.38. The second kappa shape index (κ2) is 10.4. The lowest BCUT2D eigenvalue weighted by Crippen LogP contribution is -2.10. The van der Waals surface area contributed by atoms with Crippen LogP contribution in [0.3, 0.4) is 0 Å². The second-order valence-electron chi connectivity index (χ2n) is 8.38. The first-order valence-corrected chi connectivity index (χ1v) is 11.6. The van der Waals surface area contributed by atoms with Crippen LogP contribution in [0.15, 0.2) is 59.4 Å². The number of carbonyl (C=O) groups is 1. The van der Waals surface area contributed by atoms with Crippen LogP contribution >= 0.6 is 0 Å². The van der Waals surface area contributed by atoms with E-state index in [1.54, 1.807) is 29.2 Å². The summed E-state index contributed by atoms with van der Waals surface area (Å²) in [5, 5.41) is 11.5. The van der Waals surface area contributed by atoms with E-state index in [-0.39, 0.29) is 18.3 Å². The zero-order chi connectivity index (χ0) is 24.1. The maximum absolute atomic E-state index is 12.6. The number of benzene rings is 1. The minimum absolute atomic E-state index is 0.221. The molecule has 8 nitrogen and oxygen atoms in total. The molecule has 1 amide bonds. The van der Waals surface area contributed by atoms with Gasteiger partial charge in [0.1, 0.15) is 18.1 Å². The number of rotatable bonds is 10. The minimum Gasteiger partial charge on any atom is -0.486 e. The Hall–Kier alpha value is -3.81. The van der Waals surface area contributed by atoms with Crippen LogP contribution in [0.4, 0.5) is 5.69 Å². The van der Waals surface area contributed by atoms with Gasteiger partial charge in [-0.15, -0.1) is 0 Å². The van der Waals surface area contributed by atoms with Crippen LogP contribution < -0.4 is 10.1 Å². The average Bonchev–Trinajstić information content (AvgIpc) is 3.59. The number of nitrogens with one attached hydrogen (secondary N) is 1. The molecule has 0 fully saturated rings. The van der Waals surface area contributed by atoms with E-state index in [9.17, 15) is 4.79 Å². The maximum Gasteiger partial charge on any atom is 0.291 e. The molecular formula is C26H31N5O3. The van der Waals surface area contributed by atoms with Crippen molar-refractivity contribution in [1.29, 1.82) is 0 Å². The van der Waals surface area contributed by atoms with Crippen LogP contribution in [-0.2, 0) is 19.7 Å². The molecule has 8 heteroatoms. The SMILES string of the molecule is CCC(C)c1ccc(OCc2ccc(C(=O)Nc3cnn(Cc4cnn(CC)c4C)c3)o2)cc1. The van der Waals surface area contributed by atoms with Crippen molar-refractivity contribution >= 4 is 11.6 Å². The lowest BCUT2D eigenvalue weighted by molar-refractivity contribution is 0.0992. The number of aromatic nitrogens is 4. The van der Waals surface area contributed by atoms with Crippen LogP contribution in [0.5, 0.6) is 5.75 Å². The predicted octanol–water partition coefficient (Wildman–Crippen LogP) is 5.39. The Labute approximate surface area is 199 Å². The number of ether oxygens (including phenoxy) is 1. The summed E-state index contributed by atoms with van der Waals surface area (Å²) in [6, 6.07) is 11.5. The van der Waals surface area contributed by atoms with Crippen molar-refractivity contribution in [1.82, 2.24) is 19.6 Å². The molecule has 0 saturated heterocycles. The van der Waals surface area contributed by atoms with Gasteiger partial charge in [0.05, 0.1) is 24.6 Å². The Kier molecular flexibility index (Phi) is 7.15. The lowest BCUT2D eigenvalue weighted by atomic mass is 9.99. The van der Waals surface area contributed by atoms with Gasteiger partial charge in [-0.05, 0) is 56.0 Å². The molecular weight excluding hydrogens is 430 g/mol. The van der Waals surface area contributed by atoms with Crippen molar-refractivity contribution in [2.45, 2.75) is 59.7 Å². The number of aryl methyl sites for hydroxylation is 1. The summed E-state index contributed by atoms with van der Waals surface area (Å²) in [5.74, 6) is 1.76. The highest BCUT2D eigenvalue weighted by Crippen LogP contribution is 2.22. The van der Waals surface area contributed by atoms with Crippen molar-refractivity contribution in [3.8, 4) is 5.75 Å². The molecule has 0 saturated carbocycles. The number of hydrogen-bond acceptors (Lipinski definition) is 5. The zero-order valence-electron chi connectivity index (χ0n) is 20.1. The Balaban J connectivity index is 1.31. The van der Waals surface area contributed by atoms with E-state index in [1.165, 1.54) is 5.56 Å². The predicted molar refractivity (Wildman–Crippen MR) is 130 cm³/mol. The normalized spacial score (nSPS) is 12.0. The Bertz CT molecular complexity index is 1240. The molecule has 1 N–H and O–H groups in total. The number of hydrogen-bond donors (Lipinski definition) is 1. The fourth-order valence-corrected chi connectivity index (χ4v) is 3.70. The largest absolute Gasteiger partial charge is 0.486 e. The third-order valence-electron chi connectivity index (χ3n) is 6.06. The van der Waals surface area contributed by atoms with Crippen molar-refractivity contribution in [3.63, 3.8) is 0 Å². The third kappa shape index (κ3) is 5.39. The Morgan fingerprint density at radius 1 is 1.12 bits per heavy atom. The molecule has 1 atom stereocenters. The van der Waals surface area contributed by atoms with Gasteiger partial charge in [0.15, 0.2) is 5.76 Å². The monoisotopic (exact) mass is 461 g/mol. The number of furan rings is 1. The summed E-state index contributed by atoms with van der Waals surface area (Å²) < 4.78 is 15.2. The first kappa shape index (κ1) is 23.4. The molecule has 1 unspecified atom stereocenters. The molecule has 3 heterocycles. The molecule has 0 bridgehead atoms. The Morgan fingerprint density at radius 3 is 2.62 bits per heavy atom. The molecule has 34 heavy (non-hydrogen) atoms. The third-order valence-corrected chi connectivity index (χ3v) is 6.06. The highest BCUT2D eigenvalue weighted by molar-refractivity contribution is 6.02. The molecule has 3 aromatic heterocycles. The highest BCUT2D eigenvalue weighted by Gasteiger charge is 2.14. The molecule has 1 aromatic carbocycles. The molecule has 0 aliphatic rings. The van der Waals surface area contributed by atoms with Gasteiger partial charge in [-0.1, -0.05) is 26.0 Å². The Morgan fingerprint density at radius 2 is 1.91 bits per heavy atom. The topological polar surface area (TPSA) is 87.1 Å². The van der Waals surface area contributed by atoms with Gasteiger partial charge >= 0.3 is 0 Å². The van der Waals surface area contributed by atoms with Gasteiger partial charge in [-0.2, -0.15) is 10.2 Å². The summed E-state index contributed by atoms with van der Waals surface area (Å²) in [7, 11) is 0. The zero-order valence-corrected chi connectivity index (χ0v) is 20.1. The van der Waals surface area contributed by atoms with E-state index in [0.29, 0.717) is 23.9 Å². The van der Waals surface area contributed by atoms with Gasteiger partial charge in [-0.3, -0.25) is 14.2 Å². The number of carbonyl (C=O) groups excluding carboxylic acids is 1. The van der Waals surface area contributed by atoms with Gasteiger partial charge in [0, 0.05) is 24.0 Å². The van der Waals surface area contributed by atoms with E-state index >= 15 is 0 Å². The van der Waals surface area contributed by atoms with E-state index in [2.05, 4.69) is 48.4 Å². The quantitative estimate of drug-likeness (QED) is 0.342. The first-order valence-electron chi connectivity index (χ1n) is 11.6. The lowest BCUT2D eigenvalue weighted by Gasteiger charge is -2.10. The highest BCUT2D eigenvalue weighted by atomic mass is 16.5. The molecule has 0 aliphatic heterocycles. The molecule has 0 spiro atoms. The summed E-state index contributed by atoms with van der Waals surface area (Å²) in [6.45, 7) is 10.1. The van der Waals surface area contributed by atoms with Gasteiger partial charge in [-0.25, -0.2) is 0 Å². The van der Waals surface area contributed by atoms with Crippen molar-refractivity contribution in [3.05, 3.63) is 83.3 Å². The number of amides is 1. The molecule has 4 aromatic rings. The molecule has 178 valence electrons. The van der Waals surface area contributed by atoms with Gasteiger partial charge < -0.3 is 14.5 Å². The summed E-state index contributed by atoms with van der Waals surface area (Å²) in [4.78, 5) is 12.6. The summed E-state index contributed by atoms with van der Waals surface area (Å²) in [5.41, 5.74) is 4.09. The van der Waals surface area contributed by atoms with Gasteiger partial charge in [0.2, 0.25) is 0 Å². The van der Waals surface area contributed by atoms with E-state index in [1.807, 2.05) is 29.9 Å². The fraction of sp³-hybridized carbons (Fsp3) is 0.346. The van der Waals surface area contributed by atoms with Crippen LogP contribution in [0.25, 0.3) is 0 Å². The van der Waals surface area contributed by atoms with E-state index < -0.39 is 0 Å². The van der Waals surface area contributed by atoms with Crippen LogP contribution in [-0.4, -0.2) is 25.5 Å². The van der Waals surface area contributed by atoms with Crippen molar-refractivity contribution in [2.24, 2.45) is 0 Å².